The number of nitrogens with one attached hydrogen (secondary N) is 2. The Kier molecular flexibility index (Phi) is 9.38. The number of amides is 3. The normalized spacial score (nSPS) is 20.8. The summed E-state index contributed by atoms with van der Waals surface area (Å²) in [7, 11) is 2.64. The molecule has 1 aromatic heterocycles. The molecule has 2 aromatic carbocycles. The van der Waals surface area contributed by atoms with Crippen LogP contribution in [-0.4, -0.2) is 61.5 Å². The van der Waals surface area contributed by atoms with Gasteiger partial charge in [0.1, 0.15) is 30.2 Å². The molecule has 14 heteroatoms. The number of methoxy groups -OCH3 is 2. The van der Waals surface area contributed by atoms with Gasteiger partial charge in [0.2, 0.25) is 11.8 Å². The van der Waals surface area contributed by atoms with Gasteiger partial charge >= 0.3 is 12.1 Å². The molecule has 3 aliphatic rings. The van der Waals surface area contributed by atoms with Gasteiger partial charge in [-0.15, -0.1) is 0 Å². The summed E-state index contributed by atoms with van der Waals surface area (Å²) >= 11 is 3.56. The summed E-state index contributed by atoms with van der Waals surface area (Å²) in [5.41, 5.74) is -1.64. The van der Waals surface area contributed by atoms with E-state index in [0.29, 0.717) is 21.3 Å². The molecule has 3 aromatic rings. The number of hydrogen-bond donors (Lipinski definition) is 2. The molecule has 4 heterocycles. The molecule has 3 atom stereocenters. The molecule has 0 aliphatic carbocycles. The third-order valence-corrected chi connectivity index (χ3v) is 8.29. The Hall–Kier alpha value is -4.43. The van der Waals surface area contributed by atoms with Gasteiger partial charge < -0.3 is 34.0 Å². The first-order chi connectivity index (χ1) is 22.2. The first-order valence-electron chi connectivity index (χ1n) is 15.0. The first kappa shape index (κ1) is 33.9. The maximum Gasteiger partial charge on any atom is 0.408 e. The van der Waals surface area contributed by atoms with Crippen LogP contribution in [0.3, 0.4) is 0 Å². The molecule has 0 unspecified atom stereocenters. The second-order valence-electron chi connectivity index (χ2n) is 12.6. The van der Waals surface area contributed by atoms with E-state index in [1.807, 2.05) is 13.8 Å². The minimum atomic E-state index is -2.05. The number of esters is 1. The number of halogens is 1. The highest BCUT2D eigenvalue weighted by Gasteiger charge is 2.60. The number of nitrogens with zero attached hydrogens (tertiary/aromatic N) is 2. The van der Waals surface area contributed by atoms with Crippen molar-refractivity contribution in [3.63, 3.8) is 0 Å². The van der Waals surface area contributed by atoms with Crippen molar-refractivity contribution in [2.45, 2.75) is 64.3 Å². The van der Waals surface area contributed by atoms with E-state index in [4.69, 9.17) is 23.4 Å². The molecule has 47 heavy (non-hydrogen) atoms. The van der Waals surface area contributed by atoms with Crippen molar-refractivity contribution in [2.75, 3.05) is 25.9 Å². The lowest BCUT2D eigenvalue weighted by Crippen LogP contribution is -2.50. The predicted molar refractivity (Wildman–Crippen MR) is 172 cm³/mol. The summed E-state index contributed by atoms with van der Waals surface area (Å²) in [5, 5.41) is 5.60. The van der Waals surface area contributed by atoms with Gasteiger partial charge in [-0.05, 0) is 66.4 Å². The standard InChI is InChI=1S/C33H37BrN4O9/c1-17(2)23-28-37-24(29(40)44-7)26(45-28)33(20-9-8-10-21(34)25(20)38(16-43-6)30(33)41)46-19-13-11-18(12-14-19)15-22(27(39)36-23)35-31(42)47-32(3,4)5/h8-14,17,22-23H,15-16H2,1-7H3,(H,35,42)(H,36,39)/t22-,23-,33-/m0/s1. The number of carbonyl (C=O) groups excluding carboxylic acids is 4. The van der Waals surface area contributed by atoms with E-state index in [-0.39, 0.29) is 42.2 Å². The van der Waals surface area contributed by atoms with E-state index in [0.717, 1.165) is 0 Å². The van der Waals surface area contributed by atoms with Crippen LogP contribution >= 0.6 is 15.9 Å². The second kappa shape index (κ2) is 13.0. The minimum Gasteiger partial charge on any atom is -0.464 e. The number of hydrogen-bond acceptors (Lipinski definition) is 10. The maximum atomic E-state index is 14.6. The van der Waals surface area contributed by atoms with Crippen molar-refractivity contribution < 1.29 is 42.5 Å². The highest BCUT2D eigenvalue weighted by Crippen LogP contribution is 2.51. The van der Waals surface area contributed by atoms with Crippen molar-refractivity contribution in [1.29, 1.82) is 0 Å². The average Bonchev–Trinajstić information content (AvgIpc) is 3.54. The number of fused-ring (bicyclic) bond motifs is 7. The number of carbonyl (C=O) groups is 4. The molecule has 4 bridgehead atoms. The third-order valence-electron chi connectivity index (χ3n) is 7.65. The van der Waals surface area contributed by atoms with E-state index in [1.165, 1.54) is 19.1 Å². The van der Waals surface area contributed by atoms with Crippen LogP contribution in [0, 0.1) is 5.92 Å². The van der Waals surface area contributed by atoms with Crippen molar-refractivity contribution in [3.05, 3.63) is 75.4 Å². The summed E-state index contributed by atoms with van der Waals surface area (Å²) < 4.78 is 29.5. The molecule has 2 N–H and O–H groups in total. The summed E-state index contributed by atoms with van der Waals surface area (Å²) in [6.07, 6.45) is -0.666. The smallest absolute Gasteiger partial charge is 0.408 e. The molecule has 6 rings (SSSR count). The van der Waals surface area contributed by atoms with Crippen LogP contribution in [0.1, 0.15) is 73.9 Å². The fourth-order valence-corrected chi connectivity index (χ4v) is 6.15. The Labute approximate surface area is 280 Å². The first-order valence-corrected chi connectivity index (χ1v) is 15.8. The van der Waals surface area contributed by atoms with E-state index in [9.17, 15) is 19.2 Å². The molecule has 0 radical (unpaired) electrons. The predicted octanol–water partition coefficient (Wildman–Crippen LogP) is 4.76. The lowest BCUT2D eigenvalue weighted by molar-refractivity contribution is -0.132. The van der Waals surface area contributed by atoms with E-state index >= 15 is 0 Å². The molecule has 3 aliphatic heterocycles. The number of para-hydroxylation sites is 1. The van der Waals surface area contributed by atoms with E-state index in [2.05, 4.69) is 31.5 Å². The highest BCUT2D eigenvalue weighted by molar-refractivity contribution is 9.10. The Morgan fingerprint density at radius 2 is 1.85 bits per heavy atom. The Morgan fingerprint density at radius 1 is 1.15 bits per heavy atom. The fourth-order valence-electron chi connectivity index (χ4n) is 5.57. The highest BCUT2D eigenvalue weighted by atomic mass is 79.9. The number of benzene rings is 2. The van der Waals surface area contributed by atoms with E-state index in [1.54, 1.807) is 63.2 Å². The Bertz CT molecular complexity index is 1700. The fraction of sp³-hybridized carbons (Fsp3) is 0.424. The molecule has 0 saturated carbocycles. The summed E-state index contributed by atoms with van der Waals surface area (Å²) in [5.74, 6) is -2.40. The van der Waals surface area contributed by atoms with Gasteiger partial charge in [0, 0.05) is 23.6 Å². The van der Waals surface area contributed by atoms with Crippen LogP contribution in [0.15, 0.2) is 51.4 Å². The maximum absolute atomic E-state index is 14.6. The van der Waals surface area contributed by atoms with Crippen LogP contribution in [0.5, 0.6) is 5.75 Å². The van der Waals surface area contributed by atoms with Gasteiger partial charge in [-0.3, -0.25) is 14.5 Å². The molecular weight excluding hydrogens is 676 g/mol. The summed E-state index contributed by atoms with van der Waals surface area (Å²) in [4.78, 5) is 60.5. The molecule has 0 saturated heterocycles. The van der Waals surface area contributed by atoms with Gasteiger partial charge in [-0.2, -0.15) is 0 Å². The van der Waals surface area contributed by atoms with Gasteiger partial charge in [-0.1, -0.05) is 38.1 Å². The number of ether oxygens (including phenoxy) is 4. The van der Waals surface area contributed by atoms with Gasteiger partial charge in [0.15, 0.2) is 11.5 Å². The van der Waals surface area contributed by atoms with Crippen molar-refractivity contribution >= 4 is 45.5 Å². The molecular formula is C33H37BrN4O9. The topological polar surface area (TPSA) is 159 Å². The number of aromatic nitrogens is 1. The lowest BCUT2D eigenvalue weighted by Gasteiger charge is -2.29. The number of alkyl carbamates (subject to hydrolysis) is 1. The van der Waals surface area contributed by atoms with Crippen LogP contribution in [0.4, 0.5) is 10.5 Å². The molecule has 250 valence electrons. The van der Waals surface area contributed by atoms with Gasteiger partial charge in [0.25, 0.3) is 11.5 Å². The number of anilines is 1. The van der Waals surface area contributed by atoms with E-state index < -0.39 is 47.2 Å². The van der Waals surface area contributed by atoms with Crippen molar-refractivity contribution in [2.24, 2.45) is 5.92 Å². The number of oxazole rings is 1. The van der Waals surface area contributed by atoms with Crippen LogP contribution in [0.2, 0.25) is 0 Å². The largest absolute Gasteiger partial charge is 0.464 e. The quantitative estimate of drug-likeness (QED) is 0.353. The monoisotopic (exact) mass is 712 g/mol. The van der Waals surface area contributed by atoms with Crippen LogP contribution in [-0.2, 0) is 35.8 Å². The number of rotatable bonds is 5. The third kappa shape index (κ3) is 6.44. The van der Waals surface area contributed by atoms with Crippen molar-refractivity contribution in [3.8, 4) is 5.75 Å². The zero-order valence-electron chi connectivity index (χ0n) is 27.1. The molecule has 0 fully saturated rings. The zero-order chi connectivity index (χ0) is 34.3. The summed E-state index contributed by atoms with van der Waals surface area (Å²) in [6, 6.07) is 9.92. The second-order valence-corrected chi connectivity index (χ2v) is 13.4. The van der Waals surface area contributed by atoms with Gasteiger partial charge in [-0.25, -0.2) is 14.6 Å². The Balaban J connectivity index is 1.75. The molecule has 1 spiro atoms. The van der Waals surface area contributed by atoms with Crippen molar-refractivity contribution in [1.82, 2.24) is 15.6 Å². The summed E-state index contributed by atoms with van der Waals surface area (Å²) in [6.45, 7) is 8.68. The Morgan fingerprint density at radius 3 is 2.47 bits per heavy atom. The van der Waals surface area contributed by atoms with Crippen LogP contribution < -0.4 is 20.3 Å². The molecule has 3 amide bonds. The van der Waals surface area contributed by atoms with Gasteiger partial charge in [0.05, 0.1) is 12.8 Å². The van der Waals surface area contributed by atoms with Crippen LogP contribution in [0.25, 0.3) is 0 Å². The average molecular weight is 714 g/mol. The zero-order valence-corrected chi connectivity index (χ0v) is 28.7. The molecule has 13 nitrogen and oxygen atoms in total. The minimum absolute atomic E-state index is 0.0664. The lowest BCUT2D eigenvalue weighted by atomic mass is 9.90. The SMILES string of the molecule is COCN1C(=O)[C@]2(Oc3ccc(cc3)C[C@H](NC(=O)OC(C)(C)C)C(=O)N[C@@H](C(C)C)c3nc(C(=O)OC)c2o3)c2cccc(Br)c21.